The van der Waals surface area contributed by atoms with Gasteiger partial charge in [0.05, 0.1) is 16.9 Å². The fraction of sp³-hybridized carbons (Fsp3) is 0.417. The molecule has 106 valence electrons. The van der Waals surface area contributed by atoms with Crippen LogP contribution in [0.1, 0.15) is 12.0 Å². The van der Waals surface area contributed by atoms with Crippen LogP contribution in [0.3, 0.4) is 0 Å². The van der Waals surface area contributed by atoms with Crippen molar-refractivity contribution >= 4 is 17.3 Å². The van der Waals surface area contributed by atoms with Crippen molar-refractivity contribution in [3.8, 4) is 0 Å². The summed E-state index contributed by atoms with van der Waals surface area (Å²) in [5.41, 5.74) is 5.05. The molecule has 19 heavy (non-hydrogen) atoms. The highest BCUT2D eigenvalue weighted by atomic mass is 19.4. The fourth-order valence-electron chi connectivity index (χ4n) is 1.55. The van der Waals surface area contributed by atoms with E-state index in [0.29, 0.717) is 5.69 Å². The summed E-state index contributed by atoms with van der Waals surface area (Å²) in [7, 11) is 3.36. The number of nitrogens with two attached hydrogens (primary N) is 1. The van der Waals surface area contributed by atoms with Gasteiger partial charge < -0.3 is 16.0 Å². The van der Waals surface area contributed by atoms with E-state index in [9.17, 15) is 18.0 Å². The van der Waals surface area contributed by atoms with Gasteiger partial charge in [0.1, 0.15) is 0 Å². The van der Waals surface area contributed by atoms with Crippen molar-refractivity contribution in [3.63, 3.8) is 0 Å². The minimum Gasteiger partial charge on any atom is -0.376 e. The zero-order valence-corrected chi connectivity index (χ0v) is 10.7. The molecule has 0 spiro atoms. The standard InChI is InChI=1S/C12H16F3N3O/c1-18(2)10-4-3-8(12(13,14)15)7-9(10)17-11(19)5-6-16/h3-4,7H,5-6,16H2,1-2H3,(H,17,19). The predicted octanol–water partition coefficient (Wildman–Crippen LogP) is 2.06. The summed E-state index contributed by atoms with van der Waals surface area (Å²) in [5.74, 6) is -0.412. The third-order valence-electron chi connectivity index (χ3n) is 2.45. The third-order valence-corrected chi connectivity index (χ3v) is 2.45. The molecule has 1 rings (SSSR count). The molecule has 7 heteroatoms. The minimum absolute atomic E-state index is 0.0586. The molecule has 3 N–H and O–H groups in total. The van der Waals surface area contributed by atoms with E-state index in [1.54, 1.807) is 19.0 Å². The van der Waals surface area contributed by atoms with Gasteiger partial charge in [-0.1, -0.05) is 0 Å². The number of hydrogen-bond acceptors (Lipinski definition) is 3. The summed E-state index contributed by atoms with van der Waals surface area (Å²) in [6.45, 7) is 0.141. The van der Waals surface area contributed by atoms with Crippen molar-refractivity contribution in [2.75, 3.05) is 30.9 Å². The lowest BCUT2D eigenvalue weighted by atomic mass is 10.1. The fourth-order valence-corrected chi connectivity index (χ4v) is 1.55. The zero-order chi connectivity index (χ0) is 14.6. The number of nitrogens with zero attached hydrogens (tertiary/aromatic N) is 1. The minimum atomic E-state index is -4.45. The highest BCUT2D eigenvalue weighted by Crippen LogP contribution is 2.34. The van der Waals surface area contributed by atoms with Crippen molar-refractivity contribution in [2.24, 2.45) is 5.73 Å². The smallest absolute Gasteiger partial charge is 0.376 e. The number of alkyl halides is 3. The van der Waals surface area contributed by atoms with Crippen molar-refractivity contribution < 1.29 is 18.0 Å². The lowest BCUT2D eigenvalue weighted by Crippen LogP contribution is -2.20. The maximum atomic E-state index is 12.6. The van der Waals surface area contributed by atoms with Crippen LogP contribution in [0, 0.1) is 0 Å². The van der Waals surface area contributed by atoms with E-state index in [4.69, 9.17) is 5.73 Å². The van der Waals surface area contributed by atoms with Crippen LogP contribution in [0.2, 0.25) is 0 Å². The van der Waals surface area contributed by atoms with Gasteiger partial charge >= 0.3 is 6.18 Å². The highest BCUT2D eigenvalue weighted by molar-refractivity contribution is 5.94. The van der Waals surface area contributed by atoms with Gasteiger partial charge in [-0.05, 0) is 18.2 Å². The first-order valence-corrected chi connectivity index (χ1v) is 5.64. The molecule has 4 nitrogen and oxygen atoms in total. The molecule has 0 heterocycles. The van der Waals surface area contributed by atoms with Crippen LogP contribution in [0.25, 0.3) is 0 Å². The number of hydrogen-bond donors (Lipinski definition) is 2. The number of nitrogens with one attached hydrogen (secondary N) is 1. The van der Waals surface area contributed by atoms with Gasteiger partial charge in [0, 0.05) is 27.1 Å². The van der Waals surface area contributed by atoms with Crippen LogP contribution < -0.4 is 16.0 Å². The monoisotopic (exact) mass is 275 g/mol. The van der Waals surface area contributed by atoms with E-state index in [0.717, 1.165) is 12.1 Å². The molecule has 0 aliphatic heterocycles. The normalized spacial score (nSPS) is 11.3. The molecular weight excluding hydrogens is 259 g/mol. The topological polar surface area (TPSA) is 58.4 Å². The van der Waals surface area contributed by atoms with Gasteiger partial charge in [0.15, 0.2) is 0 Å². The van der Waals surface area contributed by atoms with Crippen molar-refractivity contribution in [3.05, 3.63) is 23.8 Å². The molecule has 0 fully saturated rings. The van der Waals surface area contributed by atoms with Crippen LogP contribution in [-0.2, 0) is 11.0 Å². The lowest BCUT2D eigenvalue weighted by Gasteiger charge is -2.19. The molecule has 0 bridgehead atoms. The molecule has 0 radical (unpaired) electrons. The highest BCUT2D eigenvalue weighted by Gasteiger charge is 2.31. The Morgan fingerprint density at radius 2 is 2.00 bits per heavy atom. The van der Waals surface area contributed by atoms with Gasteiger partial charge in [-0.15, -0.1) is 0 Å². The Morgan fingerprint density at radius 1 is 1.37 bits per heavy atom. The van der Waals surface area contributed by atoms with Crippen LogP contribution in [-0.4, -0.2) is 26.5 Å². The van der Waals surface area contributed by atoms with E-state index in [1.807, 2.05) is 0 Å². The second-order valence-corrected chi connectivity index (χ2v) is 4.21. The summed E-state index contributed by atoms with van der Waals surface area (Å²) in [4.78, 5) is 13.1. The number of halogens is 3. The molecule has 0 unspecified atom stereocenters. The van der Waals surface area contributed by atoms with Gasteiger partial charge in [-0.25, -0.2) is 0 Å². The van der Waals surface area contributed by atoms with Crippen LogP contribution >= 0.6 is 0 Å². The maximum absolute atomic E-state index is 12.6. The number of carbonyl (C=O) groups is 1. The molecule has 0 aromatic heterocycles. The number of benzene rings is 1. The second-order valence-electron chi connectivity index (χ2n) is 4.21. The zero-order valence-electron chi connectivity index (χ0n) is 10.7. The largest absolute Gasteiger partial charge is 0.416 e. The predicted molar refractivity (Wildman–Crippen MR) is 68.1 cm³/mol. The van der Waals surface area contributed by atoms with Gasteiger partial charge in [-0.2, -0.15) is 13.2 Å². The third kappa shape index (κ3) is 4.13. The van der Waals surface area contributed by atoms with Crippen LogP contribution in [0.4, 0.5) is 24.5 Å². The Morgan fingerprint density at radius 3 is 2.47 bits per heavy atom. The van der Waals surface area contributed by atoms with Gasteiger partial charge in [0.25, 0.3) is 0 Å². The number of rotatable bonds is 4. The van der Waals surface area contributed by atoms with E-state index >= 15 is 0 Å². The van der Waals surface area contributed by atoms with E-state index < -0.39 is 17.6 Å². The van der Waals surface area contributed by atoms with Crippen molar-refractivity contribution in [2.45, 2.75) is 12.6 Å². The number of carbonyl (C=O) groups excluding carboxylic acids is 1. The summed E-state index contributed by atoms with van der Waals surface area (Å²) < 4.78 is 37.9. The van der Waals surface area contributed by atoms with Crippen LogP contribution in [0.15, 0.2) is 18.2 Å². The van der Waals surface area contributed by atoms with Crippen LogP contribution in [0.5, 0.6) is 0 Å². The number of anilines is 2. The first-order chi connectivity index (χ1) is 8.75. The molecule has 0 saturated carbocycles. The molecular formula is C12H16F3N3O. The summed E-state index contributed by atoms with van der Waals surface area (Å²) in [6.07, 6.45) is -4.39. The summed E-state index contributed by atoms with van der Waals surface area (Å²) in [6, 6.07) is 3.22. The summed E-state index contributed by atoms with van der Waals surface area (Å²) in [5, 5.41) is 2.44. The summed E-state index contributed by atoms with van der Waals surface area (Å²) >= 11 is 0. The van der Waals surface area contributed by atoms with Gasteiger partial charge in [-0.3, -0.25) is 4.79 Å². The lowest BCUT2D eigenvalue weighted by molar-refractivity contribution is -0.137. The molecule has 0 aliphatic carbocycles. The molecule has 1 amide bonds. The van der Waals surface area contributed by atoms with Gasteiger partial charge in [0.2, 0.25) is 5.91 Å². The molecule has 1 aromatic carbocycles. The first kappa shape index (κ1) is 15.3. The first-order valence-electron chi connectivity index (χ1n) is 5.64. The van der Waals surface area contributed by atoms with E-state index in [2.05, 4.69) is 5.32 Å². The molecule has 0 atom stereocenters. The Hall–Kier alpha value is -1.76. The van der Waals surface area contributed by atoms with Crippen molar-refractivity contribution in [1.29, 1.82) is 0 Å². The average Bonchev–Trinajstić information content (AvgIpc) is 2.27. The Balaban J connectivity index is 3.12. The Kier molecular flexibility index (Phi) is 4.77. The second kappa shape index (κ2) is 5.92. The molecule has 1 aromatic rings. The SMILES string of the molecule is CN(C)c1ccc(C(F)(F)F)cc1NC(=O)CCN. The molecule has 0 saturated heterocycles. The molecule has 0 aliphatic rings. The maximum Gasteiger partial charge on any atom is 0.416 e. The van der Waals surface area contributed by atoms with Crippen molar-refractivity contribution in [1.82, 2.24) is 0 Å². The van der Waals surface area contributed by atoms with E-state index in [-0.39, 0.29) is 18.7 Å². The Bertz CT molecular complexity index is 458. The quantitative estimate of drug-likeness (QED) is 0.884. The number of amides is 1. The average molecular weight is 275 g/mol. The Labute approximate surface area is 109 Å². The van der Waals surface area contributed by atoms with E-state index in [1.165, 1.54) is 6.07 Å².